The molecule has 0 saturated heterocycles. The Bertz CT molecular complexity index is 250. The van der Waals surface area contributed by atoms with Crippen molar-refractivity contribution in [1.82, 2.24) is 0 Å². The van der Waals surface area contributed by atoms with Gasteiger partial charge in [-0.1, -0.05) is 13.8 Å². The zero-order valence-electron chi connectivity index (χ0n) is 8.91. The first-order valence-electron chi connectivity index (χ1n) is 5.18. The third-order valence-electron chi connectivity index (χ3n) is 3.47. The Morgan fingerprint density at radius 3 is 1.69 bits per heavy atom. The SMILES string of the molecule is CC1=N[C@@H]2[C@@H](N=C1C)[C@@H](C)C[C@H]2C. The standard InChI is InChI=1S/C11H18N2/c1-6-5-7(2)11-10(6)12-8(3)9(4)13-11/h6-7,10-11H,5H2,1-4H3/t6-,7+,10-,11-/m0/s1. The van der Waals surface area contributed by atoms with Crippen molar-refractivity contribution < 1.29 is 0 Å². The summed E-state index contributed by atoms with van der Waals surface area (Å²) in [7, 11) is 0. The summed E-state index contributed by atoms with van der Waals surface area (Å²) in [5, 5.41) is 0. The van der Waals surface area contributed by atoms with Crippen LogP contribution in [0.2, 0.25) is 0 Å². The van der Waals surface area contributed by atoms with E-state index in [9.17, 15) is 0 Å². The number of rotatable bonds is 0. The van der Waals surface area contributed by atoms with Gasteiger partial charge in [-0.2, -0.15) is 0 Å². The zero-order valence-corrected chi connectivity index (χ0v) is 8.91. The summed E-state index contributed by atoms with van der Waals surface area (Å²) < 4.78 is 0. The van der Waals surface area contributed by atoms with Gasteiger partial charge in [0.25, 0.3) is 0 Å². The second kappa shape index (κ2) is 2.93. The highest BCUT2D eigenvalue weighted by Crippen LogP contribution is 2.37. The summed E-state index contributed by atoms with van der Waals surface area (Å²) in [4.78, 5) is 9.49. The molecule has 72 valence electrons. The van der Waals surface area contributed by atoms with Gasteiger partial charge in [0.05, 0.1) is 23.5 Å². The maximum Gasteiger partial charge on any atom is 0.0755 e. The predicted molar refractivity (Wildman–Crippen MR) is 56.7 cm³/mol. The van der Waals surface area contributed by atoms with Crippen LogP contribution in [0.15, 0.2) is 9.98 Å². The summed E-state index contributed by atoms with van der Waals surface area (Å²) in [6.45, 7) is 8.75. The molecule has 4 atom stereocenters. The molecule has 1 saturated carbocycles. The number of nitrogens with zero attached hydrogens (tertiary/aromatic N) is 2. The van der Waals surface area contributed by atoms with E-state index in [1.54, 1.807) is 0 Å². The summed E-state index contributed by atoms with van der Waals surface area (Å²) in [5.41, 5.74) is 2.28. The molecule has 0 aromatic rings. The topological polar surface area (TPSA) is 24.7 Å². The van der Waals surface area contributed by atoms with Crippen LogP contribution in [0.5, 0.6) is 0 Å². The molecule has 1 aliphatic heterocycles. The van der Waals surface area contributed by atoms with Crippen molar-refractivity contribution in [3.05, 3.63) is 0 Å². The maximum atomic E-state index is 4.74. The molecule has 2 nitrogen and oxygen atoms in total. The van der Waals surface area contributed by atoms with Crippen molar-refractivity contribution in [3.8, 4) is 0 Å². The first-order valence-corrected chi connectivity index (χ1v) is 5.18. The van der Waals surface area contributed by atoms with Gasteiger partial charge in [-0.05, 0) is 32.1 Å². The van der Waals surface area contributed by atoms with Crippen LogP contribution in [0.4, 0.5) is 0 Å². The van der Waals surface area contributed by atoms with Crippen LogP contribution in [-0.2, 0) is 0 Å². The minimum atomic E-state index is 0.471. The van der Waals surface area contributed by atoms with E-state index in [0.29, 0.717) is 23.9 Å². The highest BCUT2D eigenvalue weighted by molar-refractivity contribution is 6.41. The van der Waals surface area contributed by atoms with Gasteiger partial charge in [0.2, 0.25) is 0 Å². The van der Waals surface area contributed by atoms with Gasteiger partial charge < -0.3 is 0 Å². The summed E-state index contributed by atoms with van der Waals surface area (Å²) >= 11 is 0. The van der Waals surface area contributed by atoms with Crippen LogP contribution >= 0.6 is 0 Å². The lowest BCUT2D eigenvalue weighted by Gasteiger charge is -2.23. The second-order valence-electron chi connectivity index (χ2n) is 4.60. The van der Waals surface area contributed by atoms with Crippen molar-refractivity contribution >= 4 is 11.4 Å². The molecule has 2 aliphatic rings. The Kier molecular flexibility index (Phi) is 2.01. The quantitative estimate of drug-likeness (QED) is 0.544. The van der Waals surface area contributed by atoms with E-state index in [2.05, 4.69) is 27.7 Å². The lowest BCUT2D eigenvalue weighted by molar-refractivity contribution is 0.484. The molecular weight excluding hydrogens is 160 g/mol. The summed E-state index contributed by atoms with van der Waals surface area (Å²) in [6, 6.07) is 0.942. The average Bonchev–Trinajstić information content (AvgIpc) is 2.31. The van der Waals surface area contributed by atoms with Crippen LogP contribution in [0.25, 0.3) is 0 Å². The van der Waals surface area contributed by atoms with E-state index in [1.165, 1.54) is 6.42 Å². The van der Waals surface area contributed by atoms with Crippen LogP contribution in [0, 0.1) is 11.8 Å². The Hall–Kier alpha value is -0.660. The van der Waals surface area contributed by atoms with Gasteiger partial charge >= 0.3 is 0 Å². The van der Waals surface area contributed by atoms with Crippen LogP contribution < -0.4 is 0 Å². The maximum absolute atomic E-state index is 4.74. The van der Waals surface area contributed by atoms with Crippen LogP contribution in [0.3, 0.4) is 0 Å². The van der Waals surface area contributed by atoms with Gasteiger partial charge in [0.15, 0.2) is 0 Å². The van der Waals surface area contributed by atoms with E-state index in [0.717, 1.165) is 11.4 Å². The van der Waals surface area contributed by atoms with E-state index in [-0.39, 0.29) is 0 Å². The summed E-state index contributed by atoms with van der Waals surface area (Å²) in [6.07, 6.45) is 1.28. The van der Waals surface area contributed by atoms with Crippen molar-refractivity contribution in [2.24, 2.45) is 21.8 Å². The zero-order chi connectivity index (χ0) is 9.59. The molecule has 0 bridgehead atoms. The van der Waals surface area contributed by atoms with Crippen molar-refractivity contribution in [2.45, 2.75) is 46.2 Å². The fourth-order valence-corrected chi connectivity index (χ4v) is 2.58. The molecule has 0 radical (unpaired) electrons. The molecule has 2 rings (SSSR count). The van der Waals surface area contributed by atoms with Crippen LogP contribution in [-0.4, -0.2) is 23.5 Å². The molecule has 1 aliphatic carbocycles. The third kappa shape index (κ3) is 1.32. The smallest absolute Gasteiger partial charge is 0.0755 e. The average molecular weight is 178 g/mol. The molecule has 0 spiro atoms. The second-order valence-corrected chi connectivity index (χ2v) is 4.60. The van der Waals surface area contributed by atoms with Gasteiger partial charge in [-0.15, -0.1) is 0 Å². The van der Waals surface area contributed by atoms with Gasteiger partial charge in [0.1, 0.15) is 0 Å². The largest absolute Gasteiger partial charge is 0.282 e. The van der Waals surface area contributed by atoms with E-state index in [4.69, 9.17) is 9.98 Å². The molecule has 0 N–H and O–H groups in total. The van der Waals surface area contributed by atoms with Crippen molar-refractivity contribution in [2.75, 3.05) is 0 Å². The molecule has 13 heavy (non-hydrogen) atoms. The minimum absolute atomic E-state index is 0.471. The van der Waals surface area contributed by atoms with Gasteiger partial charge in [-0.3, -0.25) is 9.98 Å². The van der Waals surface area contributed by atoms with E-state index < -0.39 is 0 Å². The fraction of sp³-hybridized carbons (Fsp3) is 0.818. The molecule has 0 aromatic carbocycles. The van der Waals surface area contributed by atoms with E-state index in [1.807, 2.05) is 0 Å². The number of hydrogen-bond acceptors (Lipinski definition) is 2. The number of aliphatic imine (C=N–C) groups is 2. The van der Waals surface area contributed by atoms with Gasteiger partial charge in [0, 0.05) is 0 Å². The molecule has 0 unspecified atom stereocenters. The molecule has 1 fully saturated rings. The monoisotopic (exact) mass is 178 g/mol. The highest BCUT2D eigenvalue weighted by Gasteiger charge is 2.40. The minimum Gasteiger partial charge on any atom is -0.282 e. The van der Waals surface area contributed by atoms with Gasteiger partial charge in [-0.25, -0.2) is 0 Å². The first-order chi connectivity index (χ1) is 6.09. The highest BCUT2D eigenvalue weighted by atomic mass is 15.0. The third-order valence-corrected chi connectivity index (χ3v) is 3.47. The Morgan fingerprint density at radius 1 is 0.923 bits per heavy atom. The molecule has 0 amide bonds. The van der Waals surface area contributed by atoms with Crippen LogP contribution in [0.1, 0.15) is 34.1 Å². The number of hydrogen-bond donors (Lipinski definition) is 0. The predicted octanol–water partition coefficient (Wildman–Crippen LogP) is 2.33. The number of fused-ring (bicyclic) bond motifs is 1. The molecule has 2 heteroatoms. The Balaban J connectivity index is 2.31. The molecule has 0 aromatic heterocycles. The van der Waals surface area contributed by atoms with Crippen molar-refractivity contribution in [3.63, 3.8) is 0 Å². The lowest BCUT2D eigenvalue weighted by Crippen LogP contribution is -2.31. The molecular formula is C11H18N2. The Labute approximate surface area is 80.2 Å². The van der Waals surface area contributed by atoms with E-state index >= 15 is 0 Å². The normalized spacial score (nSPS) is 44.0. The summed E-state index contributed by atoms with van der Waals surface area (Å²) in [5.74, 6) is 1.43. The fourth-order valence-electron chi connectivity index (χ4n) is 2.58. The first kappa shape index (κ1) is 8.92. The lowest BCUT2D eigenvalue weighted by atomic mass is 10.0. The molecule has 1 heterocycles. The Morgan fingerprint density at radius 2 is 1.31 bits per heavy atom. The van der Waals surface area contributed by atoms with Crippen molar-refractivity contribution in [1.29, 1.82) is 0 Å².